The smallest absolute Gasteiger partial charge is 0.300 e. The minimum Gasteiger partial charge on any atom is -0.300 e. The van der Waals surface area contributed by atoms with Gasteiger partial charge in [-0.2, -0.15) is 18.4 Å². The van der Waals surface area contributed by atoms with Crippen LogP contribution >= 0.6 is 0 Å². The summed E-state index contributed by atoms with van der Waals surface area (Å²) in [5.74, 6) is -1.94. The molecule has 0 aliphatic rings. The van der Waals surface area contributed by atoms with Crippen LogP contribution in [0.3, 0.4) is 0 Å². The maximum Gasteiger partial charge on any atom is 0.405 e. The lowest BCUT2D eigenvalue weighted by Crippen LogP contribution is -2.33. The van der Waals surface area contributed by atoms with Gasteiger partial charge in [-0.1, -0.05) is 29.8 Å². The molecule has 0 N–H and O–H groups in total. The van der Waals surface area contributed by atoms with Crippen LogP contribution in [0.5, 0.6) is 0 Å². The lowest BCUT2D eigenvalue weighted by molar-refractivity contribution is -0.162. The SMILES string of the molecule is Cc1ccc(CN(C)CC(C#N)C(F)(F)F)cc1. The highest BCUT2D eigenvalue weighted by atomic mass is 19.4. The predicted molar refractivity (Wildman–Crippen MR) is 62.7 cm³/mol. The molecule has 1 unspecified atom stereocenters. The maximum absolute atomic E-state index is 12.4. The second-order valence-electron chi connectivity index (χ2n) is 4.41. The van der Waals surface area contributed by atoms with Gasteiger partial charge in [-0.3, -0.25) is 0 Å². The quantitative estimate of drug-likeness (QED) is 0.827. The molecule has 0 heterocycles. The number of nitriles is 1. The van der Waals surface area contributed by atoms with E-state index in [0.29, 0.717) is 6.54 Å². The highest BCUT2D eigenvalue weighted by molar-refractivity contribution is 5.21. The highest BCUT2D eigenvalue weighted by Gasteiger charge is 2.40. The van der Waals surface area contributed by atoms with E-state index < -0.39 is 12.1 Å². The van der Waals surface area contributed by atoms with E-state index in [2.05, 4.69) is 0 Å². The summed E-state index contributed by atoms with van der Waals surface area (Å²) in [6, 6.07) is 8.88. The van der Waals surface area contributed by atoms with Crippen LogP contribution in [0.2, 0.25) is 0 Å². The standard InChI is InChI=1S/C13H15F3N2/c1-10-3-5-11(6-4-10)8-18(2)9-12(7-17)13(14,15)16/h3-6,12H,8-9H2,1-2H3. The van der Waals surface area contributed by atoms with Gasteiger partial charge < -0.3 is 4.90 Å². The Morgan fingerprint density at radius 1 is 1.28 bits per heavy atom. The second-order valence-corrected chi connectivity index (χ2v) is 4.41. The molecule has 0 saturated carbocycles. The van der Waals surface area contributed by atoms with E-state index in [-0.39, 0.29) is 6.54 Å². The van der Waals surface area contributed by atoms with E-state index in [1.165, 1.54) is 11.0 Å². The fraction of sp³-hybridized carbons (Fsp3) is 0.462. The average molecular weight is 256 g/mol. The van der Waals surface area contributed by atoms with Gasteiger partial charge in [0.15, 0.2) is 5.92 Å². The Labute approximate surface area is 105 Å². The van der Waals surface area contributed by atoms with Gasteiger partial charge in [-0.25, -0.2) is 0 Å². The molecular weight excluding hydrogens is 241 g/mol. The monoisotopic (exact) mass is 256 g/mol. The van der Waals surface area contributed by atoms with Crippen LogP contribution in [0.4, 0.5) is 13.2 Å². The maximum atomic E-state index is 12.4. The van der Waals surface area contributed by atoms with Crippen LogP contribution in [0, 0.1) is 24.2 Å². The van der Waals surface area contributed by atoms with E-state index in [1.807, 2.05) is 31.2 Å². The molecule has 0 radical (unpaired) electrons. The van der Waals surface area contributed by atoms with Gasteiger partial charge >= 0.3 is 6.18 Å². The Hall–Kier alpha value is -1.54. The van der Waals surface area contributed by atoms with Crippen LogP contribution < -0.4 is 0 Å². The van der Waals surface area contributed by atoms with Crippen LogP contribution in [0.15, 0.2) is 24.3 Å². The van der Waals surface area contributed by atoms with Crippen LogP contribution in [0.25, 0.3) is 0 Å². The van der Waals surface area contributed by atoms with Gasteiger partial charge in [0, 0.05) is 13.1 Å². The molecule has 2 nitrogen and oxygen atoms in total. The molecule has 1 aromatic carbocycles. The number of aryl methyl sites for hydroxylation is 1. The third kappa shape index (κ3) is 4.38. The molecule has 0 fully saturated rings. The third-order valence-electron chi connectivity index (χ3n) is 2.62. The van der Waals surface area contributed by atoms with Crippen molar-refractivity contribution in [1.29, 1.82) is 5.26 Å². The molecule has 0 saturated heterocycles. The van der Waals surface area contributed by atoms with Gasteiger partial charge in [0.2, 0.25) is 0 Å². The van der Waals surface area contributed by atoms with Crippen molar-refractivity contribution in [2.24, 2.45) is 5.92 Å². The van der Waals surface area contributed by atoms with Crippen molar-refractivity contribution in [3.8, 4) is 6.07 Å². The Balaban J connectivity index is 2.59. The first-order chi connectivity index (χ1) is 8.32. The Morgan fingerprint density at radius 3 is 2.28 bits per heavy atom. The zero-order valence-electron chi connectivity index (χ0n) is 10.3. The molecule has 0 spiro atoms. The van der Waals surface area contributed by atoms with E-state index in [9.17, 15) is 13.2 Å². The lowest BCUT2D eigenvalue weighted by atomic mass is 10.1. The van der Waals surface area contributed by atoms with Gasteiger partial charge in [-0.15, -0.1) is 0 Å². The number of rotatable bonds is 4. The second kappa shape index (κ2) is 5.87. The molecular formula is C13H15F3N2. The molecule has 5 heteroatoms. The number of nitrogens with zero attached hydrogens (tertiary/aromatic N) is 2. The van der Waals surface area contributed by atoms with Crippen molar-refractivity contribution in [3.05, 3.63) is 35.4 Å². The summed E-state index contributed by atoms with van der Waals surface area (Å²) in [6.07, 6.45) is -4.46. The normalized spacial score (nSPS) is 13.4. The molecule has 18 heavy (non-hydrogen) atoms. The van der Waals surface area contributed by atoms with Crippen molar-refractivity contribution >= 4 is 0 Å². The molecule has 0 amide bonds. The molecule has 0 aromatic heterocycles. The minimum atomic E-state index is -4.46. The first-order valence-corrected chi connectivity index (χ1v) is 5.53. The molecule has 1 aromatic rings. The zero-order chi connectivity index (χ0) is 13.8. The highest BCUT2D eigenvalue weighted by Crippen LogP contribution is 2.26. The van der Waals surface area contributed by atoms with Crippen molar-refractivity contribution < 1.29 is 13.2 Å². The van der Waals surface area contributed by atoms with E-state index in [0.717, 1.165) is 11.1 Å². The number of halogens is 3. The fourth-order valence-corrected chi connectivity index (χ4v) is 1.60. The number of hydrogen-bond acceptors (Lipinski definition) is 2. The van der Waals surface area contributed by atoms with Crippen molar-refractivity contribution in [1.82, 2.24) is 4.90 Å². The molecule has 0 bridgehead atoms. The fourth-order valence-electron chi connectivity index (χ4n) is 1.60. The number of alkyl halides is 3. The summed E-state index contributed by atoms with van der Waals surface area (Å²) in [6.45, 7) is 2.03. The van der Waals surface area contributed by atoms with Crippen LogP contribution in [0.1, 0.15) is 11.1 Å². The summed E-state index contributed by atoms with van der Waals surface area (Å²) >= 11 is 0. The molecule has 0 aliphatic heterocycles. The van der Waals surface area contributed by atoms with E-state index in [4.69, 9.17) is 5.26 Å². The van der Waals surface area contributed by atoms with Crippen LogP contribution in [-0.4, -0.2) is 24.7 Å². The van der Waals surface area contributed by atoms with Crippen LogP contribution in [-0.2, 0) is 6.54 Å². The minimum absolute atomic E-state index is 0.312. The van der Waals surface area contributed by atoms with Gasteiger partial charge in [0.25, 0.3) is 0 Å². The first-order valence-electron chi connectivity index (χ1n) is 5.53. The number of benzene rings is 1. The lowest BCUT2D eigenvalue weighted by Gasteiger charge is -2.21. The summed E-state index contributed by atoms with van der Waals surface area (Å²) < 4.78 is 37.3. The predicted octanol–water partition coefficient (Wildman–Crippen LogP) is 3.13. The van der Waals surface area contributed by atoms with Gasteiger partial charge in [0.1, 0.15) is 0 Å². The van der Waals surface area contributed by atoms with Crippen molar-refractivity contribution in [2.45, 2.75) is 19.6 Å². The molecule has 1 atom stereocenters. The third-order valence-corrected chi connectivity index (χ3v) is 2.62. The summed E-state index contributed by atoms with van der Waals surface area (Å²) in [4.78, 5) is 1.51. The average Bonchev–Trinajstić information content (AvgIpc) is 2.27. The van der Waals surface area contributed by atoms with E-state index >= 15 is 0 Å². The first kappa shape index (κ1) is 14.5. The summed E-state index contributed by atoms with van der Waals surface area (Å²) in [5.41, 5.74) is 2.04. The summed E-state index contributed by atoms with van der Waals surface area (Å²) in [7, 11) is 1.58. The summed E-state index contributed by atoms with van der Waals surface area (Å²) in [5, 5.41) is 8.52. The molecule has 0 aliphatic carbocycles. The number of hydrogen-bond donors (Lipinski definition) is 0. The zero-order valence-corrected chi connectivity index (χ0v) is 10.3. The largest absolute Gasteiger partial charge is 0.405 e. The van der Waals surface area contributed by atoms with Gasteiger partial charge in [-0.05, 0) is 19.5 Å². The Morgan fingerprint density at radius 2 is 1.83 bits per heavy atom. The topological polar surface area (TPSA) is 27.0 Å². The Bertz CT molecular complexity index is 417. The Kier molecular flexibility index (Phi) is 4.74. The van der Waals surface area contributed by atoms with Crippen molar-refractivity contribution in [3.63, 3.8) is 0 Å². The molecule has 1 rings (SSSR count). The van der Waals surface area contributed by atoms with Crippen molar-refractivity contribution in [2.75, 3.05) is 13.6 Å². The molecule has 98 valence electrons. The van der Waals surface area contributed by atoms with Gasteiger partial charge in [0.05, 0.1) is 6.07 Å². The van der Waals surface area contributed by atoms with E-state index in [1.54, 1.807) is 7.05 Å².